The topological polar surface area (TPSA) is 58.2 Å². The van der Waals surface area contributed by atoms with Crippen LogP contribution in [-0.4, -0.2) is 27.5 Å². The molecule has 1 aromatic rings. The molecule has 0 fully saturated rings. The van der Waals surface area contributed by atoms with Crippen molar-refractivity contribution in [2.45, 2.75) is 24.8 Å². The zero-order valence-electron chi connectivity index (χ0n) is 10.5. The van der Waals surface area contributed by atoms with Gasteiger partial charge < -0.3 is 5.32 Å². The number of sulfonamides is 1. The third-order valence-electron chi connectivity index (χ3n) is 2.40. The third kappa shape index (κ3) is 4.48. The summed E-state index contributed by atoms with van der Waals surface area (Å²) in [5.74, 6) is -1.83. The molecule has 0 aliphatic heterocycles. The maximum atomic E-state index is 13.6. The van der Waals surface area contributed by atoms with E-state index in [-0.39, 0.29) is 17.1 Å². The van der Waals surface area contributed by atoms with Gasteiger partial charge in [-0.05, 0) is 41.5 Å². The van der Waals surface area contributed by atoms with Crippen molar-refractivity contribution in [2.24, 2.45) is 0 Å². The Hall–Kier alpha value is -0.570. The van der Waals surface area contributed by atoms with Crippen LogP contribution < -0.4 is 10.0 Å². The molecule has 0 radical (unpaired) electrons. The fraction of sp³-hybridized carbons (Fsp3) is 0.455. The van der Waals surface area contributed by atoms with E-state index in [2.05, 4.69) is 26.0 Å². The number of nitrogens with one attached hydrogen (secondary N) is 2. The molecular weight excluding hydrogens is 342 g/mol. The zero-order valence-corrected chi connectivity index (χ0v) is 12.9. The van der Waals surface area contributed by atoms with Gasteiger partial charge in [-0.25, -0.2) is 21.9 Å². The van der Waals surface area contributed by atoms with Gasteiger partial charge in [-0.15, -0.1) is 0 Å². The van der Waals surface area contributed by atoms with E-state index < -0.39 is 26.6 Å². The minimum Gasteiger partial charge on any atom is -0.313 e. The van der Waals surface area contributed by atoms with Gasteiger partial charge in [0, 0.05) is 12.6 Å². The molecule has 0 saturated heterocycles. The molecule has 0 aliphatic carbocycles. The fourth-order valence-electron chi connectivity index (χ4n) is 1.44. The van der Waals surface area contributed by atoms with Crippen molar-refractivity contribution in [1.29, 1.82) is 0 Å². The molecule has 108 valence electrons. The second kappa shape index (κ2) is 6.74. The van der Waals surface area contributed by atoms with Gasteiger partial charge >= 0.3 is 0 Å². The molecule has 1 aromatic carbocycles. The minimum atomic E-state index is -4.07. The second-order valence-corrected chi connectivity index (χ2v) is 6.60. The number of likely N-dealkylation sites (N-methyl/N-ethyl adjacent to an activating group) is 1. The van der Waals surface area contributed by atoms with Crippen LogP contribution in [0.4, 0.5) is 8.78 Å². The van der Waals surface area contributed by atoms with E-state index in [0.29, 0.717) is 12.6 Å². The Bertz CT molecular complexity index is 552. The Balaban J connectivity index is 2.92. The first-order valence-electron chi connectivity index (χ1n) is 5.65. The van der Waals surface area contributed by atoms with Crippen LogP contribution in [0.25, 0.3) is 0 Å². The number of hydrogen-bond acceptors (Lipinski definition) is 3. The summed E-state index contributed by atoms with van der Waals surface area (Å²) >= 11 is 2.79. The molecule has 0 heterocycles. The van der Waals surface area contributed by atoms with E-state index in [4.69, 9.17) is 0 Å². The van der Waals surface area contributed by atoms with Crippen molar-refractivity contribution < 1.29 is 17.2 Å². The SMILES string of the molecule is CCN[C@H](C)CNS(=O)(=O)c1cc(F)c(Br)cc1F. The summed E-state index contributed by atoms with van der Waals surface area (Å²) in [7, 11) is -4.07. The predicted octanol–water partition coefficient (Wildman–Crippen LogP) is 2.00. The molecule has 1 rings (SSSR count). The molecular formula is C11H15BrF2N2O2S. The molecule has 0 aromatic heterocycles. The van der Waals surface area contributed by atoms with Crippen LogP contribution in [-0.2, 0) is 10.0 Å². The number of hydrogen-bond donors (Lipinski definition) is 2. The van der Waals surface area contributed by atoms with Gasteiger partial charge in [0.1, 0.15) is 16.5 Å². The predicted molar refractivity (Wildman–Crippen MR) is 72.4 cm³/mol. The van der Waals surface area contributed by atoms with Gasteiger partial charge in [0.25, 0.3) is 0 Å². The molecule has 1 atom stereocenters. The smallest absolute Gasteiger partial charge is 0.243 e. The lowest BCUT2D eigenvalue weighted by Crippen LogP contribution is -2.39. The van der Waals surface area contributed by atoms with Crippen LogP contribution in [0, 0.1) is 11.6 Å². The van der Waals surface area contributed by atoms with E-state index in [1.807, 2.05) is 6.92 Å². The van der Waals surface area contributed by atoms with Crippen LogP contribution in [0.5, 0.6) is 0 Å². The molecule has 2 N–H and O–H groups in total. The lowest BCUT2D eigenvalue weighted by molar-refractivity contribution is 0.523. The van der Waals surface area contributed by atoms with E-state index in [1.54, 1.807) is 6.92 Å². The number of benzene rings is 1. The van der Waals surface area contributed by atoms with E-state index in [9.17, 15) is 17.2 Å². The van der Waals surface area contributed by atoms with Crippen molar-refractivity contribution in [3.63, 3.8) is 0 Å². The van der Waals surface area contributed by atoms with Gasteiger partial charge in [0.05, 0.1) is 4.47 Å². The molecule has 19 heavy (non-hydrogen) atoms. The normalized spacial score (nSPS) is 13.5. The number of halogens is 3. The summed E-state index contributed by atoms with van der Waals surface area (Å²) < 4.78 is 52.7. The summed E-state index contributed by atoms with van der Waals surface area (Å²) in [4.78, 5) is -0.697. The summed E-state index contributed by atoms with van der Waals surface area (Å²) in [5.41, 5.74) is 0. The zero-order chi connectivity index (χ0) is 14.6. The quantitative estimate of drug-likeness (QED) is 0.766. The van der Waals surface area contributed by atoms with Crippen LogP contribution in [0.2, 0.25) is 0 Å². The third-order valence-corrected chi connectivity index (χ3v) is 4.44. The fourth-order valence-corrected chi connectivity index (χ4v) is 2.96. The van der Waals surface area contributed by atoms with Crippen molar-refractivity contribution in [2.75, 3.05) is 13.1 Å². The average Bonchev–Trinajstić information content (AvgIpc) is 2.31. The van der Waals surface area contributed by atoms with Crippen molar-refractivity contribution in [3.8, 4) is 0 Å². The summed E-state index contributed by atoms with van der Waals surface area (Å²) in [6.07, 6.45) is 0. The Morgan fingerprint density at radius 1 is 1.32 bits per heavy atom. The van der Waals surface area contributed by atoms with Crippen LogP contribution >= 0.6 is 15.9 Å². The van der Waals surface area contributed by atoms with Crippen LogP contribution in [0.3, 0.4) is 0 Å². The highest BCUT2D eigenvalue weighted by Gasteiger charge is 2.21. The van der Waals surface area contributed by atoms with Gasteiger partial charge in [0.2, 0.25) is 10.0 Å². The highest BCUT2D eigenvalue weighted by molar-refractivity contribution is 9.10. The maximum Gasteiger partial charge on any atom is 0.243 e. The Morgan fingerprint density at radius 3 is 2.53 bits per heavy atom. The molecule has 0 spiro atoms. The van der Waals surface area contributed by atoms with E-state index in [1.165, 1.54) is 0 Å². The minimum absolute atomic E-state index is 0.0906. The first-order valence-corrected chi connectivity index (χ1v) is 7.93. The number of rotatable bonds is 6. The molecule has 0 amide bonds. The summed E-state index contributed by atoms with van der Waals surface area (Å²) in [6.45, 7) is 4.44. The molecule has 0 bridgehead atoms. The first-order chi connectivity index (χ1) is 8.77. The van der Waals surface area contributed by atoms with E-state index >= 15 is 0 Å². The second-order valence-electron chi connectivity index (χ2n) is 4.01. The average molecular weight is 357 g/mol. The Kier molecular flexibility index (Phi) is 5.84. The molecule has 4 nitrogen and oxygen atoms in total. The van der Waals surface area contributed by atoms with E-state index in [0.717, 1.165) is 6.07 Å². The first kappa shape index (κ1) is 16.5. The largest absolute Gasteiger partial charge is 0.313 e. The monoisotopic (exact) mass is 356 g/mol. The van der Waals surface area contributed by atoms with Crippen molar-refractivity contribution >= 4 is 26.0 Å². The highest BCUT2D eigenvalue weighted by Crippen LogP contribution is 2.22. The lowest BCUT2D eigenvalue weighted by Gasteiger charge is -2.14. The van der Waals surface area contributed by atoms with Gasteiger partial charge in [-0.1, -0.05) is 6.92 Å². The summed E-state index contributed by atoms with van der Waals surface area (Å²) in [6, 6.07) is 1.33. The molecule has 0 saturated carbocycles. The van der Waals surface area contributed by atoms with Crippen LogP contribution in [0.15, 0.2) is 21.5 Å². The lowest BCUT2D eigenvalue weighted by atomic mass is 10.3. The van der Waals surface area contributed by atoms with Crippen molar-refractivity contribution in [3.05, 3.63) is 28.2 Å². The Morgan fingerprint density at radius 2 is 1.95 bits per heavy atom. The van der Waals surface area contributed by atoms with Crippen LogP contribution in [0.1, 0.15) is 13.8 Å². The molecule has 0 aliphatic rings. The van der Waals surface area contributed by atoms with Gasteiger partial charge in [-0.2, -0.15) is 0 Å². The standard InChI is InChI=1S/C11H15BrF2N2O2S/c1-3-15-7(2)6-16-19(17,18)11-5-9(13)8(12)4-10(11)14/h4-5,7,15-16H,3,6H2,1-2H3/t7-/m1/s1. The van der Waals surface area contributed by atoms with Gasteiger partial charge in [-0.3, -0.25) is 0 Å². The maximum absolute atomic E-state index is 13.6. The Labute approximate surface area is 119 Å². The van der Waals surface area contributed by atoms with Crippen molar-refractivity contribution in [1.82, 2.24) is 10.0 Å². The highest BCUT2D eigenvalue weighted by atomic mass is 79.9. The summed E-state index contributed by atoms with van der Waals surface area (Å²) in [5, 5.41) is 3.00. The van der Waals surface area contributed by atoms with Gasteiger partial charge in [0.15, 0.2) is 0 Å². The molecule has 8 heteroatoms. The molecule has 0 unspecified atom stereocenters.